The third-order valence-corrected chi connectivity index (χ3v) is 3.05. The molecule has 0 aromatic heterocycles. The Hall–Kier alpha value is -1.37. The summed E-state index contributed by atoms with van der Waals surface area (Å²) >= 11 is 0. The van der Waals surface area contributed by atoms with E-state index in [4.69, 9.17) is 9.53 Å². The lowest BCUT2D eigenvalue weighted by Gasteiger charge is -2.20. The first-order chi connectivity index (χ1) is 8.20. The van der Waals surface area contributed by atoms with E-state index in [2.05, 4.69) is 0 Å². The minimum atomic E-state index is -1.83. The SMILES string of the molecule is C[Si](C)(C)Oc1ccc(C(O)C(O)C(=O)O)cc1. The molecule has 0 aliphatic rings. The molecule has 1 aromatic carbocycles. The lowest BCUT2D eigenvalue weighted by Crippen LogP contribution is -2.29. The van der Waals surface area contributed by atoms with Gasteiger partial charge in [0.2, 0.25) is 8.32 Å². The number of benzene rings is 1. The Morgan fingerprint density at radius 2 is 1.67 bits per heavy atom. The Bertz CT molecular complexity index is 409. The summed E-state index contributed by atoms with van der Waals surface area (Å²) in [6, 6.07) is 6.41. The van der Waals surface area contributed by atoms with Crippen molar-refractivity contribution >= 4 is 14.3 Å². The van der Waals surface area contributed by atoms with Gasteiger partial charge < -0.3 is 19.7 Å². The second-order valence-corrected chi connectivity index (χ2v) is 9.44. The Balaban J connectivity index is 2.80. The van der Waals surface area contributed by atoms with Crippen LogP contribution in [0.25, 0.3) is 0 Å². The highest BCUT2D eigenvalue weighted by Gasteiger charge is 2.25. The average molecular weight is 270 g/mol. The van der Waals surface area contributed by atoms with Crippen molar-refractivity contribution in [3.8, 4) is 5.75 Å². The highest BCUT2D eigenvalue weighted by molar-refractivity contribution is 6.70. The summed E-state index contributed by atoms with van der Waals surface area (Å²) in [6.07, 6.45) is -3.27. The van der Waals surface area contributed by atoms with Gasteiger partial charge in [0.1, 0.15) is 11.9 Å². The topological polar surface area (TPSA) is 87.0 Å². The lowest BCUT2D eigenvalue weighted by atomic mass is 10.0. The van der Waals surface area contributed by atoms with Crippen molar-refractivity contribution in [3.63, 3.8) is 0 Å². The van der Waals surface area contributed by atoms with Crippen molar-refractivity contribution in [2.45, 2.75) is 31.8 Å². The Labute approximate surface area is 107 Å². The molecule has 0 heterocycles. The van der Waals surface area contributed by atoms with Crippen LogP contribution in [0.2, 0.25) is 19.6 Å². The first kappa shape index (κ1) is 14.7. The number of rotatable bonds is 5. The number of aliphatic hydroxyl groups is 2. The molecule has 18 heavy (non-hydrogen) atoms. The van der Waals surface area contributed by atoms with Crippen molar-refractivity contribution in [1.29, 1.82) is 0 Å². The van der Waals surface area contributed by atoms with Gasteiger partial charge in [0.05, 0.1) is 0 Å². The summed E-state index contributed by atoms with van der Waals surface area (Å²) in [5.74, 6) is -0.778. The molecule has 0 bridgehead atoms. The van der Waals surface area contributed by atoms with E-state index in [0.29, 0.717) is 11.3 Å². The van der Waals surface area contributed by atoms with E-state index in [0.717, 1.165) is 0 Å². The molecule has 0 aliphatic carbocycles. The molecule has 0 amide bonds. The number of hydrogen-bond acceptors (Lipinski definition) is 4. The van der Waals surface area contributed by atoms with Gasteiger partial charge in [-0.05, 0) is 37.3 Å². The molecule has 0 saturated heterocycles. The summed E-state index contributed by atoms with van der Waals surface area (Å²) in [6.45, 7) is 6.14. The van der Waals surface area contributed by atoms with Crippen LogP contribution in [0, 0.1) is 0 Å². The second kappa shape index (κ2) is 5.51. The van der Waals surface area contributed by atoms with Crippen LogP contribution >= 0.6 is 0 Å². The molecule has 0 saturated carbocycles. The summed E-state index contributed by atoms with van der Waals surface area (Å²) in [7, 11) is -1.69. The van der Waals surface area contributed by atoms with Crippen LogP contribution in [-0.4, -0.2) is 35.7 Å². The van der Waals surface area contributed by atoms with Gasteiger partial charge in [-0.2, -0.15) is 0 Å². The lowest BCUT2D eigenvalue weighted by molar-refractivity contribution is -0.153. The van der Waals surface area contributed by atoms with E-state index in [1.165, 1.54) is 0 Å². The van der Waals surface area contributed by atoms with Gasteiger partial charge in [-0.25, -0.2) is 4.79 Å². The maximum absolute atomic E-state index is 10.5. The first-order valence-corrected chi connectivity index (χ1v) is 8.99. The summed E-state index contributed by atoms with van der Waals surface area (Å²) < 4.78 is 5.72. The number of hydrogen-bond donors (Lipinski definition) is 3. The second-order valence-electron chi connectivity index (χ2n) is 5.01. The molecule has 0 aliphatic heterocycles. The van der Waals surface area contributed by atoms with Crippen LogP contribution in [0.5, 0.6) is 5.75 Å². The van der Waals surface area contributed by atoms with Crippen molar-refractivity contribution in [3.05, 3.63) is 29.8 Å². The standard InChI is InChI=1S/C12H18O5Si/c1-18(2,3)17-9-6-4-8(5-7-9)10(13)11(14)12(15)16/h4-7,10-11,13-14H,1-3H3,(H,15,16). The van der Waals surface area contributed by atoms with Gasteiger partial charge in [0, 0.05) is 0 Å². The number of carboxylic acids is 1. The molecule has 5 nitrogen and oxygen atoms in total. The largest absolute Gasteiger partial charge is 0.544 e. The Kier molecular flexibility index (Phi) is 4.50. The minimum absolute atomic E-state index is 0.341. The van der Waals surface area contributed by atoms with E-state index in [1.54, 1.807) is 24.3 Å². The average Bonchev–Trinajstić information content (AvgIpc) is 2.26. The van der Waals surface area contributed by atoms with Crippen LogP contribution in [0.4, 0.5) is 0 Å². The fourth-order valence-electron chi connectivity index (χ4n) is 1.40. The maximum Gasteiger partial charge on any atom is 0.335 e. The van der Waals surface area contributed by atoms with Crippen molar-refractivity contribution in [2.24, 2.45) is 0 Å². The quantitative estimate of drug-likeness (QED) is 0.704. The smallest absolute Gasteiger partial charge is 0.335 e. The molecule has 2 atom stereocenters. The van der Waals surface area contributed by atoms with E-state index >= 15 is 0 Å². The zero-order valence-electron chi connectivity index (χ0n) is 10.6. The number of aliphatic hydroxyl groups excluding tert-OH is 2. The van der Waals surface area contributed by atoms with E-state index in [1.807, 2.05) is 19.6 Å². The van der Waals surface area contributed by atoms with E-state index < -0.39 is 26.5 Å². The number of carbonyl (C=O) groups is 1. The predicted octanol–water partition coefficient (Wildman–Crippen LogP) is 1.38. The minimum Gasteiger partial charge on any atom is -0.544 e. The van der Waals surface area contributed by atoms with Gasteiger partial charge >= 0.3 is 5.97 Å². The molecule has 0 spiro atoms. The third kappa shape index (κ3) is 4.14. The van der Waals surface area contributed by atoms with Crippen LogP contribution < -0.4 is 4.43 Å². The summed E-state index contributed by atoms with van der Waals surface area (Å²) in [5, 5.41) is 27.4. The van der Waals surface area contributed by atoms with Crippen LogP contribution in [0.15, 0.2) is 24.3 Å². The Morgan fingerprint density at radius 1 is 1.17 bits per heavy atom. The third-order valence-electron chi connectivity index (χ3n) is 2.20. The van der Waals surface area contributed by atoms with Crippen LogP contribution in [0.3, 0.4) is 0 Å². The Morgan fingerprint density at radius 3 is 2.06 bits per heavy atom. The van der Waals surface area contributed by atoms with E-state index in [-0.39, 0.29) is 0 Å². The van der Waals surface area contributed by atoms with Crippen molar-refractivity contribution in [1.82, 2.24) is 0 Å². The first-order valence-electron chi connectivity index (χ1n) is 5.58. The zero-order chi connectivity index (χ0) is 13.9. The van der Waals surface area contributed by atoms with Gasteiger partial charge in [0.25, 0.3) is 0 Å². The number of aliphatic carboxylic acids is 1. The highest BCUT2D eigenvalue weighted by atomic mass is 28.4. The molecule has 0 radical (unpaired) electrons. The van der Waals surface area contributed by atoms with Gasteiger partial charge in [-0.3, -0.25) is 0 Å². The monoisotopic (exact) mass is 270 g/mol. The molecule has 100 valence electrons. The van der Waals surface area contributed by atoms with Crippen molar-refractivity contribution in [2.75, 3.05) is 0 Å². The fraction of sp³-hybridized carbons (Fsp3) is 0.417. The molecule has 2 unspecified atom stereocenters. The zero-order valence-corrected chi connectivity index (χ0v) is 11.6. The highest BCUT2D eigenvalue weighted by Crippen LogP contribution is 2.22. The van der Waals surface area contributed by atoms with E-state index in [9.17, 15) is 15.0 Å². The van der Waals surface area contributed by atoms with Gasteiger partial charge in [-0.1, -0.05) is 12.1 Å². The molecule has 1 rings (SSSR count). The summed E-state index contributed by atoms with van der Waals surface area (Å²) in [4.78, 5) is 10.5. The molecular formula is C12H18O5Si. The van der Waals surface area contributed by atoms with Crippen LogP contribution in [0.1, 0.15) is 11.7 Å². The van der Waals surface area contributed by atoms with Gasteiger partial charge in [0.15, 0.2) is 6.10 Å². The predicted molar refractivity (Wildman–Crippen MR) is 69.0 cm³/mol. The van der Waals surface area contributed by atoms with Gasteiger partial charge in [-0.15, -0.1) is 0 Å². The molecule has 6 heteroatoms. The normalized spacial score (nSPS) is 14.9. The number of carboxylic acid groups (broad SMARTS) is 1. The molecular weight excluding hydrogens is 252 g/mol. The fourth-order valence-corrected chi connectivity index (χ4v) is 2.25. The summed E-state index contributed by atoms with van der Waals surface area (Å²) in [5.41, 5.74) is 0.341. The van der Waals surface area contributed by atoms with Crippen LogP contribution in [-0.2, 0) is 4.79 Å². The molecule has 0 fully saturated rings. The maximum atomic E-state index is 10.5. The molecule has 3 N–H and O–H groups in total. The van der Waals surface area contributed by atoms with Crippen molar-refractivity contribution < 1.29 is 24.5 Å². The molecule has 1 aromatic rings.